The fourth-order valence-electron chi connectivity index (χ4n) is 8.48. The fraction of sp³-hybridized carbons (Fsp3) is 0.348. The summed E-state index contributed by atoms with van der Waals surface area (Å²) in [7, 11) is 0.272. The van der Waals surface area contributed by atoms with Gasteiger partial charge in [0.15, 0.2) is 7.29 Å². The van der Waals surface area contributed by atoms with Gasteiger partial charge in [0.1, 0.15) is 29.0 Å². The van der Waals surface area contributed by atoms with E-state index in [9.17, 15) is 5.26 Å². The number of ether oxygens (including phenoxy) is 4. The summed E-state index contributed by atoms with van der Waals surface area (Å²) >= 11 is 1.70. The predicted molar refractivity (Wildman–Crippen MR) is 228 cm³/mol. The van der Waals surface area contributed by atoms with Gasteiger partial charge < -0.3 is 28.1 Å². The Kier molecular flexibility index (Phi) is 12.3. The minimum absolute atomic E-state index is 0.138. The number of nitriles is 1. The van der Waals surface area contributed by atoms with E-state index in [-0.39, 0.29) is 30.4 Å². The number of fused-ring (bicyclic) bond motifs is 1. The van der Waals surface area contributed by atoms with Gasteiger partial charge in [-0.15, -0.1) is 11.3 Å². The lowest BCUT2D eigenvalue weighted by Crippen LogP contribution is -2.46. The third-order valence-electron chi connectivity index (χ3n) is 11.3. The Labute approximate surface area is 340 Å². The molecule has 0 N–H and O–H groups in total. The normalized spacial score (nSPS) is 17.4. The van der Waals surface area contributed by atoms with E-state index >= 15 is 4.57 Å². The van der Waals surface area contributed by atoms with Gasteiger partial charge in [0.25, 0.3) is 0 Å². The maximum absolute atomic E-state index is 15.4. The topological polar surface area (TPSA) is 98.8 Å². The van der Waals surface area contributed by atoms with Gasteiger partial charge in [-0.05, 0) is 64.5 Å². The summed E-state index contributed by atoms with van der Waals surface area (Å²) in [6.45, 7) is 8.63. The highest BCUT2D eigenvalue weighted by atomic mass is 32.1. The molecule has 7 rings (SSSR count). The van der Waals surface area contributed by atoms with Crippen molar-refractivity contribution < 1.29 is 23.5 Å². The van der Waals surface area contributed by atoms with Crippen molar-refractivity contribution in [2.45, 2.75) is 75.8 Å². The lowest BCUT2D eigenvalue weighted by Gasteiger charge is -2.43. The molecular weight excluding hydrogens is 752 g/mol. The molecule has 6 aromatic rings. The van der Waals surface area contributed by atoms with E-state index < -0.39 is 25.2 Å². The first-order valence-electron chi connectivity index (χ1n) is 19.5. The van der Waals surface area contributed by atoms with Gasteiger partial charge in [0.2, 0.25) is 0 Å². The third kappa shape index (κ3) is 7.68. The zero-order chi connectivity index (χ0) is 40.2. The molecule has 11 heteroatoms. The molecule has 0 radical (unpaired) electrons. The van der Waals surface area contributed by atoms with E-state index in [0.29, 0.717) is 13.0 Å². The summed E-state index contributed by atoms with van der Waals surface area (Å²) in [6.07, 6.45) is 3.70. The van der Waals surface area contributed by atoms with Crippen molar-refractivity contribution in [2.24, 2.45) is 0 Å². The van der Waals surface area contributed by atoms with Gasteiger partial charge in [0, 0.05) is 65.0 Å². The maximum atomic E-state index is 15.4. The Balaban J connectivity index is 1.36. The number of rotatable bonds is 16. The highest BCUT2D eigenvalue weighted by Crippen LogP contribution is 2.61. The number of nitrogens with zero attached hydrogens (tertiary/aromatic N) is 4. The molecule has 1 saturated heterocycles. The number of benzene rings is 3. The van der Waals surface area contributed by atoms with Crippen molar-refractivity contribution in [2.75, 3.05) is 27.4 Å². The van der Waals surface area contributed by atoms with Crippen LogP contribution in [-0.4, -0.2) is 65.1 Å². The van der Waals surface area contributed by atoms with E-state index in [4.69, 9.17) is 23.9 Å². The standard InChI is InChI=1S/C46H51N4O5PS/c1-32(2)56(51,33(3)4)50(27-11-25-47)41-30-44(49-28-24-40-39(23-26-48-45(40)49)43-14-10-29-57-43)55-42(41)31-54-46(34-12-8-7-9-13-34,35-15-19-37(52-5)20-16-35)36-17-21-38(53-6)22-18-36/h7-10,12-24,26,28-29,32-33,41-42,44H,11,27,30-31H2,1-6H3/t41-,42-,44+/m0/s1. The average molecular weight is 803 g/mol. The van der Waals surface area contributed by atoms with E-state index in [0.717, 1.165) is 44.8 Å². The summed E-state index contributed by atoms with van der Waals surface area (Å²) in [5, 5.41) is 13.0. The van der Waals surface area contributed by atoms with Crippen LogP contribution in [0, 0.1) is 11.3 Å². The summed E-state index contributed by atoms with van der Waals surface area (Å²) in [6, 6.07) is 36.5. The zero-order valence-electron chi connectivity index (χ0n) is 33.4. The van der Waals surface area contributed by atoms with Crippen LogP contribution in [0.2, 0.25) is 0 Å². The second-order valence-corrected chi connectivity index (χ2v) is 19.8. The Morgan fingerprint density at radius 2 is 1.53 bits per heavy atom. The summed E-state index contributed by atoms with van der Waals surface area (Å²) in [5.74, 6) is 1.47. The molecule has 3 atom stereocenters. The van der Waals surface area contributed by atoms with Gasteiger partial charge in [-0.25, -0.2) is 9.65 Å². The summed E-state index contributed by atoms with van der Waals surface area (Å²) in [4.78, 5) is 6.03. The van der Waals surface area contributed by atoms with Crippen molar-refractivity contribution in [3.63, 3.8) is 0 Å². The second-order valence-electron chi connectivity index (χ2n) is 15.0. The lowest BCUT2D eigenvalue weighted by atomic mass is 9.80. The Bertz CT molecular complexity index is 2260. The molecule has 0 amide bonds. The van der Waals surface area contributed by atoms with Crippen molar-refractivity contribution in [3.05, 3.63) is 138 Å². The zero-order valence-corrected chi connectivity index (χ0v) is 35.2. The van der Waals surface area contributed by atoms with Gasteiger partial charge >= 0.3 is 0 Å². The number of aromatic nitrogens is 2. The van der Waals surface area contributed by atoms with E-state index in [1.54, 1.807) is 25.6 Å². The van der Waals surface area contributed by atoms with Gasteiger partial charge in [0.05, 0.1) is 33.0 Å². The Morgan fingerprint density at radius 1 is 0.895 bits per heavy atom. The second kappa shape index (κ2) is 17.4. The molecule has 1 fully saturated rings. The Hall–Kier alpha value is -4.75. The van der Waals surface area contributed by atoms with Crippen LogP contribution >= 0.6 is 18.6 Å². The molecule has 0 aliphatic carbocycles. The minimum Gasteiger partial charge on any atom is -0.497 e. The molecule has 0 unspecified atom stereocenters. The van der Waals surface area contributed by atoms with Crippen LogP contribution in [0.1, 0.15) is 63.5 Å². The number of hydrogen-bond donors (Lipinski definition) is 0. The molecule has 0 saturated carbocycles. The van der Waals surface area contributed by atoms with Crippen LogP contribution in [0.15, 0.2) is 121 Å². The molecule has 3 aromatic carbocycles. The molecule has 1 aliphatic heterocycles. The van der Waals surface area contributed by atoms with Crippen molar-refractivity contribution in [3.8, 4) is 28.0 Å². The van der Waals surface area contributed by atoms with E-state index in [2.05, 4.69) is 57.1 Å². The third-order valence-corrected chi connectivity index (χ3v) is 16.4. The number of hydrogen-bond acceptors (Lipinski definition) is 8. The van der Waals surface area contributed by atoms with Crippen molar-refractivity contribution in [1.29, 1.82) is 5.26 Å². The molecule has 1 aliphatic rings. The monoisotopic (exact) mass is 802 g/mol. The highest BCUT2D eigenvalue weighted by molar-refractivity contribution is 7.62. The maximum Gasteiger partial charge on any atom is 0.155 e. The fourth-order valence-corrected chi connectivity index (χ4v) is 12.7. The van der Waals surface area contributed by atoms with Crippen LogP contribution in [0.25, 0.3) is 21.5 Å². The first-order valence-corrected chi connectivity index (χ1v) is 22.2. The minimum atomic E-state index is -3.04. The molecule has 9 nitrogen and oxygen atoms in total. The molecule has 0 spiro atoms. The first-order chi connectivity index (χ1) is 27.6. The van der Waals surface area contributed by atoms with Crippen LogP contribution < -0.4 is 9.47 Å². The van der Waals surface area contributed by atoms with Gasteiger partial charge in [-0.1, -0.05) is 88.4 Å². The van der Waals surface area contributed by atoms with Crippen molar-refractivity contribution >= 4 is 29.7 Å². The van der Waals surface area contributed by atoms with Crippen LogP contribution in [0.3, 0.4) is 0 Å². The average Bonchev–Trinajstić information content (AvgIpc) is 4.03. The molecular formula is C46H51N4O5PS. The van der Waals surface area contributed by atoms with Crippen molar-refractivity contribution in [1.82, 2.24) is 14.2 Å². The predicted octanol–water partition coefficient (Wildman–Crippen LogP) is 10.8. The smallest absolute Gasteiger partial charge is 0.155 e. The molecule has 3 aromatic heterocycles. The lowest BCUT2D eigenvalue weighted by molar-refractivity contribution is -0.0833. The van der Waals surface area contributed by atoms with E-state index in [1.165, 1.54) is 4.88 Å². The number of thiophene rings is 1. The van der Waals surface area contributed by atoms with Crippen LogP contribution in [-0.2, 0) is 19.6 Å². The number of pyridine rings is 1. The first kappa shape index (κ1) is 40.4. The molecule has 296 valence electrons. The Morgan fingerprint density at radius 3 is 2.09 bits per heavy atom. The van der Waals surface area contributed by atoms with E-state index in [1.807, 2.05) is 107 Å². The SMILES string of the molecule is COc1ccc(C(OC[C@@H]2O[C@@H](n3ccc4c(-c5cccs5)ccnc43)C[C@@H]2N(CCC#N)P(=O)(C(C)C)C(C)C)(c2ccccc2)c2ccc(OC)cc2)cc1. The van der Waals surface area contributed by atoms with Gasteiger partial charge in [-0.3, -0.25) is 0 Å². The molecule has 4 heterocycles. The summed E-state index contributed by atoms with van der Waals surface area (Å²) < 4.78 is 45.4. The van der Waals surface area contributed by atoms with Gasteiger partial charge in [-0.2, -0.15) is 5.26 Å². The highest BCUT2D eigenvalue weighted by Gasteiger charge is 2.49. The summed E-state index contributed by atoms with van der Waals surface area (Å²) in [5.41, 5.74) is 3.33. The number of methoxy groups -OCH3 is 2. The largest absolute Gasteiger partial charge is 0.497 e. The molecule has 0 bridgehead atoms. The van der Waals surface area contributed by atoms with Crippen LogP contribution in [0.5, 0.6) is 11.5 Å². The van der Waals surface area contributed by atoms with Crippen LogP contribution in [0.4, 0.5) is 0 Å². The molecule has 57 heavy (non-hydrogen) atoms. The quantitative estimate of drug-likeness (QED) is 0.0705.